The lowest BCUT2D eigenvalue weighted by Crippen LogP contribution is -2.25. The molecular weight excluding hydrogens is 136 g/mol. The lowest BCUT2D eigenvalue weighted by atomic mass is 10.3. The minimum Gasteiger partial charge on any atom is -0.256 e. The molecule has 0 spiro atoms. The molecule has 0 N–H and O–H groups in total. The Morgan fingerprint density at radius 2 is 2.27 bits per heavy atom. The number of hydrogen-bond acceptors (Lipinski definition) is 1. The van der Waals surface area contributed by atoms with E-state index in [-0.39, 0.29) is 0 Å². The standard InChI is InChI=1S/C9H9N2/c1-11-6-4-9-8(7-11)3-2-5-10-9/h2-7H,1H3/q+1. The van der Waals surface area contributed by atoms with Crippen LogP contribution >= 0.6 is 0 Å². The zero-order chi connectivity index (χ0) is 7.68. The van der Waals surface area contributed by atoms with E-state index in [0.717, 1.165) is 5.52 Å². The molecule has 0 unspecified atom stereocenters. The third kappa shape index (κ3) is 1.07. The van der Waals surface area contributed by atoms with E-state index in [9.17, 15) is 0 Å². The third-order valence-electron chi connectivity index (χ3n) is 1.68. The summed E-state index contributed by atoms with van der Waals surface area (Å²) >= 11 is 0. The van der Waals surface area contributed by atoms with Gasteiger partial charge < -0.3 is 0 Å². The molecule has 0 saturated carbocycles. The summed E-state index contributed by atoms with van der Waals surface area (Å²) in [5.74, 6) is 0. The van der Waals surface area contributed by atoms with Gasteiger partial charge in [-0.1, -0.05) is 0 Å². The SMILES string of the molecule is C[n+]1ccc2ncccc2c1. The molecule has 0 atom stereocenters. The number of pyridine rings is 2. The third-order valence-corrected chi connectivity index (χ3v) is 1.68. The number of rotatable bonds is 0. The highest BCUT2D eigenvalue weighted by Crippen LogP contribution is 2.05. The van der Waals surface area contributed by atoms with E-state index in [0.29, 0.717) is 0 Å². The summed E-state index contributed by atoms with van der Waals surface area (Å²) in [5, 5.41) is 1.18. The van der Waals surface area contributed by atoms with Crippen molar-refractivity contribution in [3.63, 3.8) is 0 Å². The Kier molecular flexibility index (Phi) is 1.32. The van der Waals surface area contributed by atoms with Gasteiger partial charge in [-0.05, 0) is 12.1 Å². The molecular formula is C9H9N2+. The molecule has 11 heavy (non-hydrogen) atoms. The van der Waals surface area contributed by atoms with Crippen LogP contribution < -0.4 is 4.57 Å². The summed E-state index contributed by atoms with van der Waals surface area (Å²) < 4.78 is 2.02. The first kappa shape index (κ1) is 6.28. The second-order valence-corrected chi connectivity index (χ2v) is 2.59. The van der Waals surface area contributed by atoms with Crippen molar-refractivity contribution < 1.29 is 4.57 Å². The molecule has 2 nitrogen and oxygen atoms in total. The lowest BCUT2D eigenvalue weighted by molar-refractivity contribution is -0.670. The second kappa shape index (κ2) is 2.31. The summed E-state index contributed by atoms with van der Waals surface area (Å²) in [6.45, 7) is 0. The summed E-state index contributed by atoms with van der Waals surface area (Å²) in [7, 11) is 2.01. The van der Waals surface area contributed by atoms with Crippen molar-refractivity contribution in [2.24, 2.45) is 7.05 Å². The van der Waals surface area contributed by atoms with Gasteiger partial charge in [-0.2, -0.15) is 0 Å². The maximum absolute atomic E-state index is 4.21. The predicted molar refractivity (Wildman–Crippen MR) is 42.9 cm³/mol. The molecule has 0 aromatic carbocycles. The normalized spacial score (nSPS) is 10.3. The number of nitrogens with zero attached hydrogens (tertiary/aromatic N) is 2. The molecule has 54 valence electrons. The average Bonchev–Trinajstić information content (AvgIpc) is 2.04. The molecule has 2 aromatic rings. The van der Waals surface area contributed by atoms with Crippen LogP contribution in [0.1, 0.15) is 0 Å². The predicted octanol–water partition coefficient (Wildman–Crippen LogP) is 1.06. The number of aryl methyl sites for hydroxylation is 1. The van der Waals surface area contributed by atoms with Crippen LogP contribution in [0.25, 0.3) is 10.9 Å². The number of aromatic nitrogens is 2. The highest BCUT2D eigenvalue weighted by molar-refractivity contribution is 5.75. The Balaban J connectivity index is 2.83. The van der Waals surface area contributed by atoms with Crippen molar-refractivity contribution in [2.45, 2.75) is 0 Å². The van der Waals surface area contributed by atoms with Crippen LogP contribution in [0, 0.1) is 0 Å². The summed E-state index contributed by atoms with van der Waals surface area (Å²) in [5.41, 5.74) is 1.05. The second-order valence-electron chi connectivity index (χ2n) is 2.59. The van der Waals surface area contributed by atoms with E-state index in [2.05, 4.69) is 17.2 Å². The molecule has 2 aromatic heterocycles. The van der Waals surface area contributed by atoms with Crippen molar-refractivity contribution >= 4 is 10.9 Å². The van der Waals surface area contributed by atoms with Gasteiger partial charge in [0.25, 0.3) is 0 Å². The topological polar surface area (TPSA) is 16.8 Å². The summed E-state index contributed by atoms with van der Waals surface area (Å²) in [6.07, 6.45) is 5.86. The monoisotopic (exact) mass is 145 g/mol. The fourth-order valence-corrected chi connectivity index (χ4v) is 1.13. The number of fused-ring (bicyclic) bond motifs is 1. The molecule has 0 aliphatic rings. The molecule has 0 aliphatic carbocycles. The van der Waals surface area contributed by atoms with Crippen LogP contribution in [-0.2, 0) is 7.05 Å². The van der Waals surface area contributed by atoms with E-state index in [1.54, 1.807) is 0 Å². The van der Waals surface area contributed by atoms with Gasteiger partial charge in [-0.3, -0.25) is 4.98 Å². The van der Waals surface area contributed by atoms with Gasteiger partial charge >= 0.3 is 0 Å². The van der Waals surface area contributed by atoms with Crippen molar-refractivity contribution in [1.29, 1.82) is 0 Å². The Labute approximate surface area is 65.1 Å². The highest BCUT2D eigenvalue weighted by Gasteiger charge is 1.96. The molecule has 0 radical (unpaired) electrons. The first-order valence-electron chi connectivity index (χ1n) is 3.56. The van der Waals surface area contributed by atoms with Crippen molar-refractivity contribution in [3.05, 3.63) is 36.8 Å². The van der Waals surface area contributed by atoms with Gasteiger partial charge in [0, 0.05) is 12.3 Å². The Morgan fingerprint density at radius 3 is 3.18 bits per heavy atom. The van der Waals surface area contributed by atoms with Crippen molar-refractivity contribution in [1.82, 2.24) is 4.98 Å². The Morgan fingerprint density at radius 1 is 1.36 bits per heavy atom. The van der Waals surface area contributed by atoms with E-state index >= 15 is 0 Å². The zero-order valence-electron chi connectivity index (χ0n) is 6.36. The van der Waals surface area contributed by atoms with Crippen LogP contribution in [0.4, 0.5) is 0 Å². The molecule has 2 rings (SSSR count). The quantitative estimate of drug-likeness (QED) is 0.506. The van der Waals surface area contributed by atoms with Crippen LogP contribution in [-0.4, -0.2) is 4.98 Å². The van der Waals surface area contributed by atoms with E-state index < -0.39 is 0 Å². The first-order valence-corrected chi connectivity index (χ1v) is 3.56. The van der Waals surface area contributed by atoms with Gasteiger partial charge in [-0.15, -0.1) is 0 Å². The molecule has 0 amide bonds. The zero-order valence-corrected chi connectivity index (χ0v) is 6.36. The minimum absolute atomic E-state index is 1.05. The van der Waals surface area contributed by atoms with E-state index in [1.165, 1.54) is 5.39 Å². The molecule has 0 saturated heterocycles. The molecule has 2 heterocycles. The smallest absolute Gasteiger partial charge is 0.177 e. The molecule has 2 heteroatoms. The highest BCUT2D eigenvalue weighted by atomic mass is 14.9. The molecule has 0 bridgehead atoms. The maximum Gasteiger partial charge on any atom is 0.177 e. The lowest BCUT2D eigenvalue weighted by Gasteiger charge is -1.91. The van der Waals surface area contributed by atoms with Gasteiger partial charge in [0.05, 0.1) is 10.9 Å². The Hall–Kier alpha value is -1.44. The van der Waals surface area contributed by atoms with E-state index in [1.807, 2.05) is 36.1 Å². The van der Waals surface area contributed by atoms with Crippen LogP contribution in [0.3, 0.4) is 0 Å². The summed E-state index contributed by atoms with van der Waals surface area (Å²) in [6, 6.07) is 6.01. The first-order chi connectivity index (χ1) is 5.36. The van der Waals surface area contributed by atoms with Crippen LogP contribution in [0.5, 0.6) is 0 Å². The van der Waals surface area contributed by atoms with Crippen LogP contribution in [0.15, 0.2) is 36.8 Å². The fourth-order valence-electron chi connectivity index (χ4n) is 1.13. The molecule has 0 fully saturated rings. The van der Waals surface area contributed by atoms with Crippen molar-refractivity contribution in [2.75, 3.05) is 0 Å². The summed E-state index contributed by atoms with van der Waals surface area (Å²) in [4.78, 5) is 4.21. The Bertz CT molecular complexity index is 382. The fraction of sp³-hybridized carbons (Fsp3) is 0.111. The molecule has 0 aliphatic heterocycles. The average molecular weight is 145 g/mol. The van der Waals surface area contributed by atoms with Crippen molar-refractivity contribution in [3.8, 4) is 0 Å². The van der Waals surface area contributed by atoms with Gasteiger partial charge in [0.15, 0.2) is 12.4 Å². The maximum atomic E-state index is 4.21. The van der Waals surface area contributed by atoms with Gasteiger partial charge in [-0.25, -0.2) is 4.57 Å². The van der Waals surface area contributed by atoms with E-state index in [4.69, 9.17) is 0 Å². The van der Waals surface area contributed by atoms with Gasteiger partial charge in [0.2, 0.25) is 0 Å². The number of hydrogen-bond donors (Lipinski definition) is 0. The van der Waals surface area contributed by atoms with Crippen LogP contribution in [0.2, 0.25) is 0 Å². The largest absolute Gasteiger partial charge is 0.256 e. The van der Waals surface area contributed by atoms with Gasteiger partial charge in [0.1, 0.15) is 7.05 Å². The minimum atomic E-state index is 1.05.